The zero-order chi connectivity index (χ0) is 15.2. The van der Waals surface area contributed by atoms with Crippen LogP contribution < -0.4 is 11.3 Å². The van der Waals surface area contributed by atoms with E-state index in [4.69, 9.17) is 5.84 Å². The van der Waals surface area contributed by atoms with Crippen molar-refractivity contribution < 1.29 is 0 Å². The van der Waals surface area contributed by atoms with E-state index in [1.165, 1.54) is 21.6 Å². The van der Waals surface area contributed by atoms with Crippen molar-refractivity contribution in [3.63, 3.8) is 0 Å². The summed E-state index contributed by atoms with van der Waals surface area (Å²) in [5.74, 6) is 7.42. The summed E-state index contributed by atoms with van der Waals surface area (Å²) in [7, 11) is 0. The van der Waals surface area contributed by atoms with Gasteiger partial charge in [0.1, 0.15) is 0 Å². The summed E-state index contributed by atoms with van der Waals surface area (Å²) in [5, 5.41) is 0. The molecule has 0 aliphatic heterocycles. The maximum absolute atomic E-state index is 5.78. The first-order valence-corrected chi connectivity index (χ1v) is 8.43. The van der Waals surface area contributed by atoms with Crippen LogP contribution in [0.5, 0.6) is 0 Å². The van der Waals surface area contributed by atoms with Crippen LogP contribution in [0, 0.1) is 0 Å². The van der Waals surface area contributed by atoms with E-state index in [-0.39, 0.29) is 6.04 Å². The maximum atomic E-state index is 5.78. The lowest BCUT2D eigenvalue weighted by Gasteiger charge is -2.18. The third-order valence-electron chi connectivity index (χ3n) is 3.63. The van der Waals surface area contributed by atoms with Gasteiger partial charge < -0.3 is 0 Å². The molecule has 0 aliphatic rings. The number of thioether (sulfide) groups is 1. The molecule has 3 heteroatoms. The van der Waals surface area contributed by atoms with E-state index in [1.807, 2.05) is 11.8 Å². The Morgan fingerprint density at radius 1 is 0.905 bits per heavy atom. The molecule has 2 aromatic carbocycles. The van der Waals surface area contributed by atoms with Gasteiger partial charge in [-0.2, -0.15) is 0 Å². The number of hydrogen-bond acceptors (Lipinski definition) is 3. The van der Waals surface area contributed by atoms with Crippen molar-refractivity contribution >= 4 is 11.8 Å². The molecule has 0 saturated heterocycles. The molecular formula is C18H24N2S. The summed E-state index contributed by atoms with van der Waals surface area (Å²) in [4.78, 5) is 1.30. The molecule has 0 radical (unpaired) electrons. The predicted octanol–water partition coefficient (Wildman–Crippen LogP) is 4.47. The van der Waals surface area contributed by atoms with Crippen LogP contribution in [-0.2, 0) is 0 Å². The first-order chi connectivity index (χ1) is 10.2. The third-order valence-corrected chi connectivity index (χ3v) is 4.52. The molecule has 0 heterocycles. The Bertz CT molecular complexity index is 546. The Morgan fingerprint density at radius 2 is 1.38 bits per heavy atom. The molecule has 0 saturated carbocycles. The second-order valence-electron chi connectivity index (χ2n) is 5.42. The normalized spacial score (nSPS) is 12.6. The number of nitrogens with one attached hydrogen (secondary N) is 1. The van der Waals surface area contributed by atoms with Crippen LogP contribution >= 0.6 is 11.8 Å². The van der Waals surface area contributed by atoms with Crippen molar-refractivity contribution in [1.82, 2.24) is 5.43 Å². The summed E-state index contributed by atoms with van der Waals surface area (Å²) in [6, 6.07) is 17.4. The molecule has 1 atom stereocenters. The Labute approximate surface area is 132 Å². The van der Waals surface area contributed by atoms with Gasteiger partial charge in [0.15, 0.2) is 0 Å². The minimum Gasteiger partial charge on any atom is -0.271 e. The highest BCUT2D eigenvalue weighted by Gasteiger charge is 2.12. The van der Waals surface area contributed by atoms with Crippen LogP contribution in [0.25, 0.3) is 0 Å². The van der Waals surface area contributed by atoms with E-state index < -0.39 is 0 Å². The van der Waals surface area contributed by atoms with Gasteiger partial charge in [-0.05, 0) is 40.5 Å². The summed E-state index contributed by atoms with van der Waals surface area (Å²) in [6.07, 6.45) is 0. The lowest BCUT2D eigenvalue weighted by molar-refractivity contribution is 0.636. The minimum absolute atomic E-state index is 0.0342. The van der Waals surface area contributed by atoms with Crippen LogP contribution in [0.4, 0.5) is 0 Å². The Hall–Kier alpha value is -1.29. The first kappa shape index (κ1) is 16.1. The molecule has 0 fully saturated rings. The average molecular weight is 300 g/mol. The van der Waals surface area contributed by atoms with Gasteiger partial charge in [0.2, 0.25) is 0 Å². The zero-order valence-corrected chi connectivity index (χ0v) is 13.8. The van der Waals surface area contributed by atoms with Crippen LogP contribution in [0.15, 0.2) is 53.4 Å². The quantitative estimate of drug-likeness (QED) is 0.469. The summed E-state index contributed by atoms with van der Waals surface area (Å²) in [5.41, 5.74) is 6.66. The highest BCUT2D eigenvalue weighted by atomic mass is 32.2. The van der Waals surface area contributed by atoms with Gasteiger partial charge in [0.05, 0.1) is 6.04 Å². The monoisotopic (exact) mass is 300 g/mol. The van der Waals surface area contributed by atoms with E-state index in [9.17, 15) is 0 Å². The van der Waals surface area contributed by atoms with Crippen molar-refractivity contribution in [1.29, 1.82) is 0 Å². The van der Waals surface area contributed by atoms with Gasteiger partial charge in [-0.15, -0.1) is 11.8 Å². The molecule has 0 aliphatic carbocycles. The summed E-state index contributed by atoms with van der Waals surface area (Å²) < 4.78 is 0. The van der Waals surface area contributed by atoms with E-state index >= 15 is 0 Å². The van der Waals surface area contributed by atoms with Crippen molar-refractivity contribution in [2.24, 2.45) is 5.84 Å². The number of hydrazine groups is 1. The van der Waals surface area contributed by atoms with Gasteiger partial charge in [0, 0.05) is 4.90 Å². The van der Waals surface area contributed by atoms with Gasteiger partial charge in [0.25, 0.3) is 0 Å². The van der Waals surface area contributed by atoms with Gasteiger partial charge in [-0.25, -0.2) is 5.43 Å². The lowest BCUT2D eigenvalue weighted by atomic mass is 9.96. The molecule has 3 N–H and O–H groups in total. The number of nitrogens with two attached hydrogens (primary N) is 1. The molecule has 2 aromatic rings. The Morgan fingerprint density at radius 3 is 1.81 bits per heavy atom. The van der Waals surface area contributed by atoms with Gasteiger partial charge >= 0.3 is 0 Å². The summed E-state index contributed by atoms with van der Waals surface area (Å²) >= 11 is 1.85. The average Bonchev–Trinajstić information content (AvgIpc) is 2.50. The van der Waals surface area contributed by atoms with Crippen LogP contribution in [-0.4, -0.2) is 5.75 Å². The fraction of sp³-hybridized carbons (Fsp3) is 0.333. The van der Waals surface area contributed by atoms with Gasteiger partial charge in [-0.1, -0.05) is 57.2 Å². The molecule has 112 valence electrons. The van der Waals surface area contributed by atoms with Crippen LogP contribution in [0.3, 0.4) is 0 Å². The number of benzene rings is 2. The lowest BCUT2D eigenvalue weighted by Crippen LogP contribution is -2.28. The second-order valence-corrected chi connectivity index (χ2v) is 6.76. The summed E-state index contributed by atoms with van der Waals surface area (Å²) in [6.45, 7) is 6.58. The minimum atomic E-state index is 0.0342. The van der Waals surface area contributed by atoms with E-state index in [2.05, 4.69) is 74.7 Å². The molecule has 0 amide bonds. The third kappa shape index (κ3) is 4.10. The van der Waals surface area contributed by atoms with E-state index in [0.29, 0.717) is 5.92 Å². The predicted molar refractivity (Wildman–Crippen MR) is 92.5 cm³/mol. The zero-order valence-electron chi connectivity index (χ0n) is 13.0. The van der Waals surface area contributed by atoms with Crippen LogP contribution in [0.1, 0.15) is 49.4 Å². The van der Waals surface area contributed by atoms with E-state index in [0.717, 1.165) is 5.75 Å². The highest BCUT2D eigenvalue weighted by molar-refractivity contribution is 7.99. The Kier molecular flexibility index (Phi) is 5.85. The largest absolute Gasteiger partial charge is 0.271 e. The van der Waals surface area contributed by atoms with Crippen LogP contribution in [0.2, 0.25) is 0 Å². The SMILES string of the molecule is CCSc1ccc(C(NN)c2ccc(C(C)C)cc2)cc1. The van der Waals surface area contributed by atoms with Crippen molar-refractivity contribution in [3.8, 4) is 0 Å². The van der Waals surface area contributed by atoms with Crippen molar-refractivity contribution in [2.75, 3.05) is 5.75 Å². The maximum Gasteiger partial charge on any atom is 0.0710 e. The first-order valence-electron chi connectivity index (χ1n) is 7.44. The number of hydrogen-bond donors (Lipinski definition) is 2. The molecule has 21 heavy (non-hydrogen) atoms. The van der Waals surface area contributed by atoms with Crippen molar-refractivity contribution in [2.45, 2.75) is 37.6 Å². The highest BCUT2D eigenvalue weighted by Crippen LogP contribution is 2.26. The number of rotatable bonds is 6. The molecule has 0 spiro atoms. The molecule has 2 nitrogen and oxygen atoms in total. The smallest absolute Gasteiger partial charge is 0.0710 e. The fourth-order valence-corrected chi connectivity index (χ4v) is 3.04. The molecule has 2 rings (SSSR count). The standard InChI is InChI=1S/C18H24N2S/c1-4-21-17-11-9-16(10-12-17)18(20-19)15-7-5-14(6-8-15)13(2)3/h5-13,18,20H,4,19H2,1-3H3. The van der Waals surface area contributed by atoms with E-state index in [1.54, 1.807) is 0 Å². The van der Waals surface area contributed by atoms with Crippen molar-refractivity contribution in [3.05, 3.63) is 65.2 Å². The molecule has 0 bridgehead atoms. The molecular weight excluding hydrogens is 276 g/mol. The second kappa shape index (κ2) is 7.64. The van der Waals surface area contributed by atoms with Gasteiger partial charge in [-0.3, -0.25) is 5.84 Å². The molecule has 0 aromatic heterocycles. The molecule has 1 unspecified atom stereocenters. The topological polar surface area (TPSA) is 38.0 Å². The Balaban J connectivity index is 2.22. The fourth-order valence-electron chi connectivity index (χ4n) is 2.38.